The molecule has 11 nitrogen and oxygen atoms in total. The molecule has 4 N–H and O–H groups in total. The van der Waals surface area contributed by atoms with Crippen LogP contribution in [0.3, 0.4) is 0 Å². The Bertz CT molecular complexity index is 687. The summed E-state index contributed by atoms with van der Waals surface area (Å²) >= 11 is 1.03. The van der Waals surface area contributed by atoms with Crippen LogP contribution in [0.25, 0.3) is 0 Å². The molecule has 0 aromatic rings. The lowest BCUT2D eigenvalue weighted by atomic mass is 9.85. The lowest BCUT2D eigenvalue weighted by Crippen LogP contribution is -2.54. The van der Waals surface area contributed by atoms with E-state index < -0.39 is 36.0 Å². The molecular weight excluding hydrogens is 468 g/mol. The number of aliphatic hydroxyl groups is 2. The molecule has 0 aromatic carbocycles. The van der Waals surface area contributed by atoms with Crippen molar-refractivity contribution in [1.82, 2.24) is 10.6 Å². The third-order valence-electron chi connectivity index (χ3n) is 5.05. The lowest BCUT2D eigenvalue weighted by Gasteiger charge is -2.41. The zero-order valence-electron chi connectivity index (χ0n) is 20.3. The number of thioether (sulfide) groups is 1. The molecule has 0 spiro atoms. The van der Waals surface area contributed by atoms with Crippen molar-refractivity contribution in [2.24, 2.45) is 5.41 Å². The number of carbonyl (C=O) groups excluding carboxylic acids is 4. The van der Waals surface area contributed by atoms with E-state index in [4.69, 9.17) is 9.47 Å². The van der Waals surface area contributed by atoms with Crippen molar-refractivity contribution in [2.45, 2.75) is 77.5 Å². The molecule has 1 aliphatic rings. The summed E-state index contributed by atoms with van der Waals surface area (Å²) in [5.74, 6) is -0.704. The summed E-state index contributed by atoms with van der Waals surface area (Å²) in [5.41, 5.74) is -0.601. The van der Waals surface area contributed by atoms with E-state index in [-0.39, 0.29) is 68.7 Å². The van der Waals surface area contributed by atoms with Gasteiger partial charge in [-0.2, -0.15) is 0 Å². The second-order valence-electron chi connectivity index (χ2n) is 8.91. The van der Waals surface area contributed by atoms with E-state index >= 15 is 0 Å². The van der Waals surface area contributed by atoms with Crippen molar-refractivity contribution in [3.63, 3.8) is 0 Å². The van der Waals surface area contributed by atoms with Gasteiger partial charge in [0.2, 0.25) is 11.8 Å². The van der Waals surface area contributed by atoms with E-state index in [9.17, 15) is 29.4 Å². The molecule has 196 valence electrons. The van der Waals surface area contributed by atoms with Crippen molar-refractivity contribution in [1.29, 1.82) is 0 Å². The Morgan fingerprint density at radius 3 is 2.47 bits per heavy atom. The van der Waals surface area contributed by atoms with E-state index in [0.29, 0.717) is 5.75 Å². The summed E-state index contributed by atoms with van der Waals surface area (Å²) in [4.78, 5) is 47.3. The van der Waals surface area contributed by atoms with Crippen LogP contribution in [-0.2, 0) is 33.4 Å². The van der Waals surface area contributed by atoms with Crippen LogP contribution < -0.4 is 10.6 Å². The highest BCUT2D eigenvalue weighted by molar-refractivity contribution is 8.13. The number of nitrogens with one attached hydrogen (secondary N) is 2. The van der Waals surface area contributed by atoms with E-state index in [0.717, 1.165) is 11.8 Å². The third-order valence-corrected chi connectivity index (χ3v) is 5.99. The highest BCUT2D eigenvalue weighted by Crippen LogP contribution is 2.32. The first-order valence-corrected chi connectivity index (χ1v) is 12.3. The van der Waals surface area contributed by atoms with Gasteiger partial charge in [-0.3, -0.25) is 19.2 Å². The summed E-state index contributed by atoms with van der Waals surface area (Å²) in [7, 11) is 1.26. The molecule has 1 rings (SSSR count). The molecule has 0 saturated carbocycles. The summed E-state index contributed by atoms with van der Waals surface area (Å²) < 4.78 is 15.9. The van der Waals surface area contributed by atoms with Gasteiger partial charge in [-0.1, -0.05) is 25.6 Å². The van der Waals surface area contributed by atoms with Crippen LogP contribution in [0.5, 0.6) is 0 Å². The standard InChI is InChI=1S/C22H38N2O9S/c1-14(25)11-15(26)12-19-32-13-22(2,3)20(33-19)21(30)24-8-7-16(27)23-9-10-34-18(29)6-5-17(28)31-4/h14-15,19-20,25-26H,5-13H2,1-4H3,(H,23,27)(H,24,30)/t14?,15?,19?,20-/m0/s1. The first-order chi connectivity index (χ1) is 15.9. The lowest BCUT2D eigenvalue weighted by molar-refractivity contribution is -0.261. The summed E-state index contributed by atoms with van der Waals surface area (Å²) in [6.07, 6.45) is -2.57. The van der Waals surface area contributed by atoms with Crippen LogP contribution in [0.4, 0.5) is 0 Å². The second kappa shape index (κ2) is 15.3. The number of hydrogen-bond acceptors (Lipinski definition) is 10. The Morgan fingerprint density at radius 1 is 1.12 bits per heavy atom. The predicted molar refractivity (Wildman–Crippen MR) is 125 cm³/mol. The smallest absolute Gasteiger partial charge is 0.305 e. The van der Waals surface area contributed by atoms with Crippen LogP contribution in [0.2, 0.25) is 0 Å². The summed E-state index contributed by atoms with van der Waals surface area (Å²) in [5, 5.41) is 24.6. The van der Waals surface area contributed by atoms with Crippen molar-refractivity contribution >= 4 is 34.7 Å². The topological polar surface area (TPSA) is 160 Å². The maximum Gasteiger partial charge on any atom is 0.305 e. The summed E-state index contributed by atoms with van der Waals surface area (Å²) in [6, 6.07) is 0. The zero-order valence-corrected chi connectivity index (χ0v) is 21.2. The van der Waals surface area contributed by atoms with E-state index in [2.05, 4.69) is 15.4 Å². The molecule has 4 atom stereocenters. The molecule has 0 aromatic heterocycles. The quantitative estimate of drug-likeness (QED) is 0.188. The maximum absolute atomic E-state index is 12.7. The molecule has 12 heteroatoms. The number of ether oxygens (including phenoxy) is 3. The van der Waals surface area contributed by atoms with Gasteiger partial charge < -0.3 is 35.1 Å². The van der Waals surface area contributed by atoms with Crippen LogP contribution >= 0.6 is 11.8 Å². The van der Waals surface area contributed by atoms with Gasteiger partial charge >= 0.3 is 5.97 Å². The SMILES string of the molecule is COC(=O)CCC(=O)SCCNC(=O)CCNC(=O)[C@@H]1OC(CC(O)CC(C)O)OCC1(C)C. The van der Waals surface area contributed by atoms with Crippen molar-refractivity contribution < 1.29 is 43.6 Å². The minimum Gasteiger partial charge on any atom is -0.469 e. The highest BCUT2D eigenvalue weighted by atomic mass is 32.2. The van der Waals surface area contributed by atoms with Gasteiger partial charge in [0.25, 0.3) is 0 Å². The minimum absolute atomic E-state index is 0.0330. The fourth-order valence-corrected chi connectivity index (χ4v) is 3.90. The third kappa shape index (κ3) is 12.1. The fraction of sp³-hybridized carbons (Fsp3) is 0.818. The first kappa shape index (κ1) is 30.3. The minimum atomic E-state index is -0.820. The normalized spacial score (nSPS) is 21.2. The maximum atomic E-state index is 12.7. The molecule has 34 heavy (non-hydrogen) atoms. The monoisotopic (exact) mass is 506 g/mol. The molecule has 3 unspecified atom stereocenters. The molecule has 1 saturated heterocycles. The van der Waals surface area contributed by atoms with Gasteiger partial charge in [0.1, 0.15) is 6.10 Å². The number of amides is 2. The number of carbonyl (C=O) groups is 4. The van der Waals surface area contributed by atoms with Crippen molar-refractivity contribution in [3.8, 4) is 0 Å². The fourth-order valence-electron chi connectivity index (χ4n) is 3.23. The van der Waals surface area contributed by atoms with Crippen LogP contribution in [0.15, 0.2) is 0 Å². The average molecular weight is 507 g/mol. The Morgan fingerprint density at radius 2 is 1.82 bits per heavy atom. The van der Waals surface area contributed by atoms with Gasteiger partial charge in [-0.05, 0) is 13.3 Å². The molecule has 1 fully saturated rings. The number of hydrogen-bond donors (Lipinski definition) is 4. The van der Waals surface area contributed by atoms with Gasteiger partial charge in [-0.25, -0.2) is 0 Å². The molecule has 0 bridgehead atoms. The Kier molecular flexibility index (Phi) is 13.6. The summed E-state index contributed by atoms with van der Waals surface area (Å²) in [6.45, 7) is 5.89. The van der Waals surface area contributed by atoms with E-state index in [1.165, 1.54) is 7.11 Å². The number of methoxy groups -OCH3 is 1. The Labute approximate surface area is 204 Å². The second-order valence-corrected chi connectivity index (χ2v) is 10.1. The van der Waals surface area contributed by atoms with Crippen LogP contribution in [0.1, 0.15) is 52.9 Å². The van der Waals surface area contributed by atoms with Crippen molar-refractivity contribution in [3.05, 3.63) is 0 Å². The van der Waals surface area contributed by atoms with Gasteiger partial charge in [0.15, 0.2) is 11.4 Å². The van der Waals surface area contributed by atoms with Gasteiger partial charge in [0, 0.05) is 43.5 Å². The highest BCUT2D eigenvalue weighted by Gasteiger charge is 2.43. The van der Waals surface area contributed by atoms with Gasteiger partial charge in [0.05, 0.1) is 32.3 Å². The van der Waals surface area contributed by atoms with Crippen LogP contribution in [-0.4, -0.2) is 90.3 Å². The van der Waals surface area contributed by atoms with E-state index in [1.807, 2.05) is 13.8 Å². The predicted octanol–water partition coefficient (Wildman–Crippen LogP) is 0.112. The molecule has 1 heterocycles. The van der Waals surface area contributed by atoms with Crippen LogP contribution in [0, 0.1) is 5.41 Å². The number of rotatable bonds is 14. The first-order valence-electron chi connectivity index (χ1n) is 11.3. The largest absolute Gasteiger partial charge is 0.469 e. The molecule has 0 radical (unpaired) electrons. The average Bonchev–Trinajstić information content (AvgIpc) is 2.75. The zero-order chi connectivity index (χ0) is 25.7. The molecule has 2 amide bonds. The molecular formula is C22H38N2O9S. The molecule has 0 aliphatic carbocycles. The Hall–Kier alpha value is -1.73. The van der Waals surface area contributed by atoms with Crippen molar-refractivity contribution in [2.75, 3.05) is 32.6 Å². The number of aliphatic hydroxyl groups excluding tert-OH is 2. The molecule has 1 aliphatic heterocycles. The van der Waals surface area contributed by atoms with Gasteiger partial charge in [-0.15, -0.1) is 0 Å². The Balaban J connectivity index is 2.31. The number of esters is 1. The van der Waals surface area contributed by atoms with E-state index in [1.54, 1.807) is 6.92 Å².